The molecule has 0 bridgehead atoms. The van der Waals surface area contributed by atoms with E-state index in [-0.39, 0.29) is 11.9 Å². The molecule has 0 aromatic rings. The Morgan fingerprint density at radius 1 is 1.10 bits per heavy atom. The number of carbonyl (C=O) groups is 2. The first kappa shape index (κ1) is 14.8. The molecule has 2 saturated heterocycles. The second-order valence-electron chi connectivity index (χ2n) is 6.81. The fraction of sp³-hybridized carbons (Fsp3) is 0.875. The van der Waals surface area contributed by atoms with Crippen LogP contribution < -0.4 is 10.6 Å². The van der Waals surface area contributed by atoms with Gasteiger partial charge in [-0.25, -0.2) is 0 Å². The molecule has 3 rings (SSSR count). The molecular weight excluding hydrogens is 266 g/mol. The predicted octanol–water partition coefficient (Wildman–Crippen LogP) is 0.893. The van der Waals surface area contributed by atoms with Crippen LogP contribution in [0.15, 0.2) is 0 Å². The number of nitrogens with zero attached hydrogens (tertiary/aromatic N) is 1. The van der Waals surface area contributed by atoms with Crippen LogP contribution in [0, 0.1) is 11.8 Å². The number of piperidine rings is 1. The third-order valence-electron chi connectivity index (χ3n) is 5.23. The van der Waals surface area contributed by atoms with Gasteiger partial charge in [0.05, 0.1) is 6.04 Å². The summed E-state index contributed by atoms with van der Waals surface area (Å²) in [6.07, 6.45) is 7.58. The highest BCUT2D eigenvalue weighted by atomic mass is 16.2. The fourth-order valence-corrected chi connectivity index (χ4v) is 3.62. The zero-order chi connectivity index (χ0) is 14.7. The molecule has 0 aromatic carbocycles. The van der Waals surface area contributed by atoms with E-state index in [0.717, 1.165) is 58.2 Å². The largest absolute Gasteiger partial charge is 0.354 e. The number of hydrogen-bond donors (Lipinski definition) is 2. The maximum Gasteiger partial charge on any atom is 0.237 e. The van der Waals surface area contributed by atoms with Gasteiger partial charge in [0.2, 0.25) is 11.8 Å². The molecule has 21 heavy (non-hydrogen) atoms. The normalized spacial score (nSPS) is 30.0. The van der Waals surface area contributed by atoms with Gasteiger partial charge in [0.25, 0.3) is 0 Å². The number of rotatable bonds is 4. The monoisotopic (exact) mass is 293 g/mol. The van der Waals surface area contributed by atoms with Crippen molar-refractivity contribution in [2.45, 2.75) is 51.0 Å². The lowest BCUT2D eigenvalue weighted by Gasteiger charge is -2.37. The first-order valence-corrected chi connectivity index (χ1v) is 8.54. The van der Waals surface area contributed by atoms with Crippen molar-refractivity contribution in [2.75, 3.05) is 26.2 Å². The summed E-state index contributed by atoms with van der Waals surface area (Å²) in [5.41, 5.74) is 0. The number of nitrogens with one attached hydrogen (secondary N) is 2. The summed E-state index contributed by atoms with van der Waals surface area (Å²) in [5, 5.41) is 6.30. The van der Waals surface area contributed by atoms with E-state index in [9.17, 15) is 9.59 Å². The van der Waals surface area contributed by atoms with Crippen molar-refractivity contribution in [1.29, 1.82) is 0 Å². The Morgan fingerprint density at radius 3 is 2.62 bits per heavy atom. The Hall–Kier alpha value is -1.10. The Bertz CT molecular complexity index is 389. The molecule has 2 unspecified atom stereocenters. The van der Waals surface area contributed by atoms with Crippen molar-refractivity contribution in [3.8, 4) is 0 Å². The summed E-state index contributed by atoms with van der Waals surface area (Å²) in [4.78, 5) is 26.4. The Labute approximate surface area is 126 Å². The molecule has 5 heteroatoms. The van der Waals surface area contributed by atoms with Crippen molar-refractivity contribution in [2.24, 2.45) is 11.8 Å². The van der Waals surface area contributed by atoms with Crippen LogP contribution >= 0.6 is 0 Å². The van der Waals surface area contributed by atoms with Gasteiger partial charge in [-0.15, -0.1) is 0 Å². The van der Waals surface area contributed by atoms with Gasteiger partial charge in [-0.1, -0.05) is 6.42 Å². The summed E-state index contributed by atoms with van der Waals surface area (Å²) >= 11 is 0. The van der Waals surface area contributed by atoms with Gasteiger partial charge < -0.3 is 15.5 Å². The molecule has 1 saturated carbocycles. The molecule has 5 nitrogen and oxygen atoms in total. The smallest absolute Gasteiger partial charge is 0.237 e. The molecule has 2 aliphatic heterocycles. The topological polar surface area (TPSA) is 61.4 Å². The molecular formula is C16H27N3O2. The minimum Gasteiger partial charge on any atom is -0.354 e. The van der Waals surface area contributed by atoms with Crippen LogP contribution in [0.25, 0.3) is 0 Å². The lowest BCUT2D eigenvalue weighted by Crippen LogP contribution is -2.48. The minimum atomic E-state index is 0.00121. The van der Waals surface area contributed by atoms with Crippen molar-refractivity contribution in [1.82, 2.24) is 15.5 Å². The van der Waals surface area contributed by atoms with Crippen molar-refractivity contribution in [3.05, 3.63) is 0 Å². The van der Waals surface area contributed by atoms with E-state index in [4.69, 9.17) is 0 Å². The predicted molar refractivity (Wildman–Crippen MR) is 80.7 cm³/mol. The van der Waals surface area contributed by atoms with Crippen LogP contribution in [-0.2, 0) is 9.59 Å². The molecule has 2 N–H and O–H groups in total. The molecule has 1 aliphatic carbocycles. The van der Waals surface area contributed by atoms with E-state index >= 15 is 0 Å². The maximum absolute atomic E-state index is 12.3. The standard InChI is InChI=1S/C16H27N3O2/c20-15(14-7-2-8-17-14)18-10-12-4-3-9-19(11-12)16(21)13-5-1-6-13/h12-14,17H,1-11H2,(H,18,20). The van der Waals surface area contributed by atoms with Crippen molar-refractivity contribution in [3.63, 3.8) is 0 Å². The fourth-order valence-electron chi connectivity index (χ4n) is 3.62. The number of amides is 2. The average Bonchev–Trinajstić information content (AvgIpc) is 2.97. The van der Waals surface area contributed by atoms with E-state index < -0.39 is 0 Å². The van der Waals surface area contributed by atoms with E-state index in [0.29, 0.717) is 24.3 Å². The van der Waals surface area contributed by atoms with Crippen LogP contribution in [0.1, 0.15) is 44.9 Å². The van der Waals surface area contributed by atoms with Crippen LogP contribution in [0.4, 0.5) is 0 Å². The number of likely N-dealkylation sites (tertiary alicyclic amines) is 1. The second kappa shape index (κ2) is 6.77. The lowest BCUT2D eigenvalue weighted by atomic mass is 9.83. The Kier molecular flexibility index (Phi) is 4.78. The number of carbonyl (C=O) groups excluding carboxylic acids is 2. The molecule has 118 valence electrons. The average molecular weight is 293 g/mol. The van der Waals surface area contributed by atoms with E-state index in [1.54, 1.807) is 0 Å². The summed E-state index contributed by atoms with van der Waals surface area (Å²) in [6, 6.07) is 0.00121. The third kappa shape index (κ3) is 3.57. The minimum absolute atomic E-state index is 0.00121. The lowest BCUT2D eigenvalue weighted by molar-refractivity contribution is -0.140. The molecule has 2 atom stereocenters. The van der Waals surface area contributed by atoms with E-state index in [2.05, 4.69) is 10.6 Å². The van der Waals surface area contributed by atoms with Crippen LogP contribution in [0.2, 0.25) is 0 Å². The van der Waals surface area contributed by atoms with Gasteiger partial charge in [0.1, 0.15) is 0 Å². The summed E-state index contributed by atoms with van der Waals surface area (Å²) in [5.74, 6) is 1.21. The zero-order valence-corrected chi connectivity index (χ0v) is 12.8. The van der Waals surface area contributed by atoms with Gasteiger partial charge >= 0.3 is 0 Å². The van der Waals surface area contributed by atoms with Crippen molar-refractivity contribution < 1.29 is 9.59 Å². The molecule has 0 aromatic heterocycles. The highest BCUT2D eigenvalue weighted by molar-refractivity contribution is 5.82. The molecule has 3 fully saturated rings. The third-order valence-corrected chi connectivity index (χ3v) is 5.23. The summed E-state index contributed by atoms with van der Waals surface area (Å²) < 4.78 is 0. The van der Waals surface area contributed by atoms with Gasteiger partial charge in [0, 0.05) is 25.6 Å². The van der Waals surface area contributed by atoms with Crippen LogP contribution in [-0.4, -0.2) is 48.9 Å². The Morgan fingerprint density at radius 2 is 1.95 bits per heavy atom. The van der Waals surface area contributed by atoms with Gasteiger partial charge in [-0.05, 0) is 51.0 Å². The second-order valence-corrected chi connectivity index (χ2v) is 6.81. The molecule has 0 spiro atoms. The molecule has 2 amide bonds. The first-order chi connectivity index (χ1) is 10.2. The maximum atomic E-state index is 12.3. The molecule has 3 aliphatic rings. The van der Waals surface area contributed by atoms with Gasteiger partial charge in [-0.2, -0.15) is 0 Å². The van der Waals surface area contributed by atoms with Crippen molar-refractivity contribution >= 4 is 11.8 Å². The SMILES string of the molecule is O=C(NCC1CCCN(C(=O)C2CCC2)C1)C1CCCN1. The van der Waals surface area contributed by atoms with Crippen LogP contribution in [0.5, 0.6) is 0 Å². The molecule has 0 radical (unpaired) electrons. The zero-order valence-electron chi connectivity index (χ0n) is 12.8. The quantitative estimate of drug-likeness (QED) is 0.809. The highest BCUT2D eigenvalue weighted by Crippen LogP contribution is 2.29. The number of hydrogen-bond acceptors (Lipinski definition) is 3. The van der Waals surface area contributed by atoms with Gasteiger partial charge in [0.15, 0.2) is 0 Å². The summed E-state index contributed by atoms with van der Waals surface area (Å²) in [6.45, 7) is 3.40. The Balaban J connectivity index is 1.42. The summed E-state index contributed by atoms with van der Waals surface area (Å²) in [7, 11) is 0. The van der Waals surface area contributed by atoms with E-state index in [1.165, 1.54) is 6.42 Å². The van der Waals surface area contributed by atoms with E-state index in [1.807, 2.05) is 4.90 Å². The van der Waals surface area contributed by atoms with Gasteiger partial charge in [-0.3, -0.25) is 9.59 Å². The molecule has 2 heterocycles. The first-order valence-electron chi connectivity index (χ1n) is 8.54. The highest BCUT2D eigenvalue weighted by Gasteiger charge is 2.32. The van der Waals surface area contributed by atoms with Crippen LogP contribution in [0.3, 0.4) is 0 Å².